The highest BCUT2D eigenvalue weighted by molar-refractivity contribution is 5.55. The molecule has 1 heterocycles. The number of alkyl halides is 2. The lowest BCUT2D eigenvalue weighted by Gasteiger charge is -2.09. The van der Waals surface area contributed by atoms with Crippen molar-refractivity contribution in [1.82, 2.24) is 10.1 Å². The lowest BCUT2D eigenvalue weighted by molar-refractivity contribution is -0.0504. The molecule has 0 saturated heterocycles. The van der Waals surface area contributed by atoms with E-state index < -0.39 is 6.61 Å². The van der Waals surface area contributed by atoms with E-state index in [4.69, 9.17) is 10.3 Å². The van der Waals surface area contributed by atoms with Gasteiger partial charge >= 0.3 is 6.61 Å². The van der Waals surface area contributed by atoms with Gasteiger partial charge in [-0.25, -0.2) is 0 Å². The van der Waals surface area contributed by atoms with Crippen molar-refractivity contribution in [1.29, 1.82) is 0 Å². The molecule has 134 valence electrons. The van der Waals surface area contributed by atoms with Crippen molar-refractivity contribution in [3.05, 3.63) is 65.5 Å². The highest BCUT2D eigenvalue weighted by Gasteiger charge is 2.45. The van der Waals surface area contributed by atoms with Crippen LogP contribution in [0.25, 0.3) is 11.4 Å². The smallest absolute Gasteiger partial charge is 0.387 e. The molecule has 1 saturated carbocycles. The summed E-state index contributed by atoms with van der Waals surface area (Å²) in [5, 5.41) is 4.03. The highest BCUT2D eigenvalue weighted by atomic mass is 19.3. The zero-order valence-corrected chi connectivity index (χ0v) is 13.8. The maximum absolute atomic E-state index is 12.6. The van der Waals surface area contributed by atoms with Gasteiger partial charge in [0.2, 0.25) is 11.7 Å². The molecule has 0 amide bonds. The van der Waals surface area contributed by atoms with Gasteiger partial charge in [0.15, 0.2) is 0 Å². The molecular weight excluding hydrogens is 340 g/mol. The monoisotopic (exact) mass is 357 g/mol. The molecule has 1 fully saturated rings. The van der Waals surface area contributed by atoms with Gasteiger partial charge in [-0.2, -0.15) is 13.8 Å². The molecule has 2 unspecified atom stereocenters. The molecule has 2 atom stereocenters. The minimum Gasteiger partial charge on any atom is -0.435 e. The maximum Gasteiger partial charge on any atom is 0.387 e. The molecule has 0 spiro atoms. The molecular formula is C19H17F2N3O2. The predicted molar refractivity (Wildman–Crippen MR) is 90.8 cm³/mol. The molecule has 1 aromatic heterocycles. The third-order valence-electron chi connectivity index (χ3n) is 4.53. The van der Waals surface area contributed by atoms with Crippen LogP contribution in [0.1, 0.15) is 35.3 Å². The average molecular weight is 357 g/mol. The summed E-state index contributed by atoms with van der Waals surface area (Å²) in [4.78, 5) is 4.47. The number of halogens is 2. The van der Waals surface area contributed by atoms with E-state index in [1.165, 1.54) is 0 Å². The second-order valence-corrected chi connectivity index (χ2v) is 6.22. The number of rotatable bonds is 6. The fourth-order valence-corrected chi connectivity index (χ4v) is 3.09. The van der Waals surface area contributed by atoms with E-state index in [-0.39, 0.29) is 17.6 Å². The number of hydrogen-bond acceptors (Lipinski definition) is 5. The number of nitrogens with zero attached hydrogens (tertiary/aromatic N) is 2. The van der Waals surface area contributed by atoms with Gasteiger partial charge in [-0.15, -0.1) is 0 Å². The van der Waals surface area contributed by atoms with Crippen LogP contribution in [-0.4, -0.2) is 16.8 Å². The molecule has 2 aromatic carbocycles. The van der Waals surface area contributed by atoms with Crippen LogP contribution in [0.4, 0.5) is 8.78 Å². The normalized spacial score (nSPS) is 18.9. The van der Waals surface area contributed by atoms with Crippen LogP contribution in [0.5, 0.6) is 5.75 Å². The first kappa shape index (κ1) is 16.7. The molecule has 0 bridgehead atoms. The summed E-state index contributed by atoms with van der Waals surface area (Å²) in [6.07, 6.45) is 0.761. The van der Waals surface area contributed by atoms with Gasteiger partial charge in [0.25, 0.3) is 0 Å². The molecule has 4 rings (SSSR count). The second-order valence-electron chi connectivity index (χ2n) is 6.22. The van der Waals surface area contributed by atoms with Crippen LogP contribution >= 0.6 is 0 Å². The second kappa shape index (κ2) is 6.84. The lowest BCUT2D eigenvalue weighted by atomic mass is 10.1. The van der Waals surface area contributed by atoms with Gasteiger partial charge in [0, 0.05) is 18.0 Å². The minimum atomic E-state index is -2.85. The van der Waals surface area contributed by atoms with E-state index in [0.29, 0.717) is 18.3 Å². The van der Waals surface area contributed by atoms with Crippen molar-refractivity contribution in [3.63, 3.8) is 0 Å². The molecule has 7 heteroatoms. The van der Waals surface area contributed by atoms with E-state index in [0.717, 1.165) is 23.1 Å². The summed E-state index contributed by atoms with van der Waals surface area (Å²) < 4.78 is 35.2. The van der Waals surface area contributed by atoms with E-state index in [1.807, 2.05) is 24.3 Å². The van der Waals surface area contributed by atoms with Crippen LogP contribution in [0.2, 0.25) is 0 Å². The Hall–Kier alpha value is -2.80. The average Bonchev–Trinajstić information content (AvgIpc) is 3.29. The zero-order chi connectivity index (χ0) is 18.1. The SMILES string of the molecule is NCc1ccc(-c2noc(C3CC3c3ccccc3OC(F)F)n2)cc1. The van der Waals surface area contributed by atoms with E-state index in [9.17, 15) is 8.78 Å². The standard InChI is InChI=1S/C19H17F2N3O2/c20-19(21)25-16-4-2-1-3-13(16)14-9-15(14)18-23-17(24-26-18)12-7-5-11(10-22)6-8-12/h1-8,14-15,19H,9-10,22H2. The molecule has 1 aliphatic rings. The zero-order valence-electron chi connectivity index (χ0n) is 13.8. The predicted octanol–water partition coefficient (Wildman–Crippen LogP) is 4.07. The summed E-state index contributed by atoms with van der Waals surface area (Å²) in [5.74, 6) is 1.28. The summed E-state index contributed by atoms with van der Waals surface area (Å²) in [7, 11) is 0. The first-order chi connectivity index (χ1) is 12.7. The topological polar surface area (TPSA) is 74.2 Å². The molecule has 0 radical (unpaired) electrons. The summed E-state index contributed by atoms with van der Waals surface area (Å²) >= 11 is 0. The largest absolute Gasteiger partial charge is 0.435 e. The number of benzene rings is 2. The quantitative estimate of drug-likeness (QED) is 0.720. The molecule has 2 N–H and O–H groups in total. The minimum absolute atomic E-state index is 0.0157. The van der Waals surface area contributed by atoms with Crippen molar-refractivity contribution in [2.75, 3.05) is 0 Å². The Kier molecular flexibility index (Phi) is 4.38. The van der Waals surface area contributed by atoms with Gasteiger partial charge in [-0.05, 0) is 29.5 Å². The summed E-state index contributed by atoms with van der Waals surface area (Å²) in [6, 6.07) is 14.5. The molecule has 0 aliphatic heterocycles. The van der Waals surface area contributed by atoms with Crippen molar-refractivity contribution in [2.45, 2.75) is 31.4 Å². The Labute approximate surface area is 148 Å². The van der Waals surface area contributed by atoms with Crippen LogP contribution < -0.4 is 10.5 Å². The maximum atomic E-state index is 12.6. The Morgan fingerprint density at radius 1 is 1.12 bits per heavy atom. The van der Waals surface area contributed by atoms with Gasteiger partial charge in [0.1, 0.15) is 5.75 Å². The third kappa shape index (κ3) is 3.30. The number of para-hydroxylation sites is 1. The fraction of sp³-hybridized carbons (Fsp3) is 0.263. The molecule has 3 aromatic rings. The Morgan fingerprint density at radius 2 is 1.88 bits per heavy atom. The number of nitrogens with two attached hydrogens (primary N) is 1. The van der Waals surface area contributed by atoms with Crippen LogP contribution in [0, 0.1) is 0 Å². The van der Waals surface area contributed by atoms with Gasteiger partial charge < -0.3 is 15.0 Å². The van der Waals surface area contributed by atoms with Crippen LogP contribution in [0.3, 0.4) is 0 Å². The Morgan fingerprint density at radius 3 is 2.62 bits per heavy atom. The number of ether oxygens (including phenoxy) is 1. The lowest BCUT2D eigenvalue weighted by Crippen LogP contribution is -2.04. The van der Waals surface area contributed by atoms with E-state index in [1.54, 1.807) is 24.3 Å². The van der Waals surface area contributed by atoms with Gasteiger partial charge in [0.05, 0.1) is 0 Å². The van der Waals surface area contributed by atoms with Gasteiger partial charge in [-0.3, -0.25) is 0 Å². The Balaban J connectivity index is 1.52. The van der Waals surface area contributed by atoms with E-state index >= 15 is 0 Å². The van der Waals surface area contributed by atoms with Crippen molar-refractivity contribution in [2.24, 2.45) is 5.73 Å². The molecule has 1 aliphatic carbocycles. The fourth-order valence-electron chi connectivity index (χ4n) is 3.09. The van der Waals surface area contributed by atoms with Gasteiger partial charge in [-0.1, -0.05) is 47.6 Å². The summed E-state index contributed by atoms with van der Waals surface area (Å²) in [5.41, 5.74) is 8.20. The number of hydrogen-bond donors (Lipinski definition) is 1. The van der Waals surface area contributed by atoms with E-state index in [2.05, 4.69) is 14.9 Å². The molecule has 26 heavy (non-hydrogen) atoms. The highest BCUT2D eigenvalue weighted by Crippen LogP contribution is 2.56. The van der Waals surface area contributed by atoms with Crippen LogP contribution in [0.15, 0.2) is 53.1 Å². The van der Waals surface area contributed by atoms with Crippen molar-refractivity contribution < 1.29 is 18.0 Å². The first-order valence-electron chi connectivity index (χ1n) is 8.32. The van der Waals surface area contributed by atoms with Crippen LogP contribution in [-0.2, 0) is 6.54 Å². The summed E-state index contributed by atoms with van der Waals surface area (Å²) in [6.45, 7) is -2.37. The van der Waals surface area contributed by atoms with Crippen molar-refractivity contribution >= 4 is 0 Å². The third-order valence-corrected chi connectivity index (χ3v) is 4.53. The van der Waals surface area contributed by atoms with Crippen molar-refractivity contribution in [3.8, 4) is 17.1 Å². The number of aromatic nitrogens is 2. The first-order valence-corrected chi connectivity index (χ1v) is 8.32. The molecule has 5 nitrogen and oxygen atoms in total. The Bertz CT molecular complexity index is 896.